The van der Waals surface area contributed by atoms with E-state index in [1.54, 1.807) is 19.1 Å². The van der Waals surface area contributed by atoms with Crippen LogP contribution in [0.2, 0.25) is 0 Å². The number of carboxylic acid groups (broad SMARTS) is 1. The lowest BCUT2D eigenvalue weighted by molar-refractivity contribution is -0.137. The zero-order chi connectivity index (χ0) is 24.8. The number of aromatic nitrogens is 2. The predicted octanol–water partition coefficient (Wildman–Crippen LogP) is 5.08. The molecule has 0 atom stereocenters. The molecular formula is C28H29N3O4. The molecule has 3 aromatic carbocycles. The summed E-state index contributed by atoms with van der Waals surface area (Å²) < 4.78 is 11.1. The molecule has 0 aliphatic rings. The van der Waals surface area contributed by atoms with E-state index in [1.165, 1.54) is 11.1 Å². The molecule has 0 spiro atoms. The number of carbonyl (C=O) groups is 1. The fourth-order valence-electron chi connectivity index (χ4n) is 4.05. The number of ether oxygens (including phenoxy) is 1. The van der Waals surface area contributed by atoms with Crippen LogP contribution in [0.4, 0.5) is 0 Å². The molecule has 35 heavy (non-hydrogen) atoms. The molecule has 180 valence electrons. The molecule has 7 heteroatoms. The first-order valence-corrected chi connectivity index (χ1v) is 11.5. The van der Waals surface area contributed by atoms with Crippen LogP contribution in [0.15, 0.2) is 71.3 Å². The second-order valence-electron chi connectivity index (χ2n) is 8.62. The van der Waals surface area contributed by atoms with Crippen LogP contribution >= 0.6 is 0 Å². The molecule has 0 saturated carbocycles. The van der Waals surface area contributed by atoms with Crippen LogP contribution in [0, 0.1) is 6.92 Å². The number of aliphatic carboxylic acids is 1. The van der Waals surface area contributed by atoms with Gasteiger partial charge >= 0.3 is 5.97 Å². The van der Waals surface area contributed by atoms with Crippen molar-refractivity contribution in [3.8, 4) is 34.0 Å². The first-order chi connectivity index (χ1) is 16.9. The maximum absolute atomic E-state index is 10.8. The van der Waals surface area contributed by atoms with Crippen molar-refractivity contribution in [1.29, 1.82) is 0 Å². The van der Waals surface area contributed by atoms with Crippen LogP contribution < -0.4 is 0 Å². The number of rotatable bonds is 10. The highest BCUT2D eigenvalue weighted by molar-refractivity contribution is 5.74. The number of benzene rings is 3. The standard InChI is InChI=1S/C28H29N3O4/c1-19-6-4-5-7-24(19)25-13-12-22(16-23(25)18-34-3)28-29-27(30-35-28)21-10-8-20(9-11-21)14-15-31(2)17-26(32)33/h4-13,16H,14-15,17-18H2,1-3H3,(H,32,33). The summed E-state index contributed by atoms with van der Waals surface area (Å²) in [6.45, 7) is 3.27. The van der Waals surface area contributed by atoms with E-state index >= 15 is 0 Å². The van der Waals surface area contributed by atoms with Crippen LogP contribution in [-0.4, -0.2) is 53.4 Å². The van der Waals surface area contributed by atoms with Crippen molar-refractivity contribution in [2.24, 2.45) is 0 Å². The number of methoxy groups -OCH3 is 1. The maximum atomic E-state index is 10.8. The Balaban J connectivity index is 1.52. The third-order valence-electron chi connectivity index (χ3n) is 5.91. The fourth-order valence-corrected chi connectivity index (χ4v) is 4.05. The average molecular weight is 472 g/mol. The summed E-state index contributed by atoms with van der Waals surface area (Å²) in [5.74, 6) is 0.147. The highest BCUT2D eigenvalue weighted by atomic mass is 16.5. The Bertz CT molecular complexity index is 1300. The van der Waals surface area contributed by atoms with Gasteiger partial charge in [0.1, 0.15) is 0 Å². The second-order valence-corrected chi connectivity index (χ2v) is 8.62. The third kappa shape index (κ3) is 6.01. The van der Waals surface area contributed by atoms with Gasteiger partial charge in [-0.1, -0.05) is 59.8 Å². The molecule has 0 radical (unpaired) electrons. The fraction of sp³-hybridized carbons (Fsp3) is 0.250. The number of aryl methyl sites for hydroxylation is 1. The van der Waals surface area contributed by atoms with Gasteiger partial charge in [0.25, 0.3) is 5.89 Å². The molecule has 0 amide bonds. The minimum atomic E-state index is -0.824. The second kappa shape index (κ2) is 11.1. The SMILES string of the molecule is COCc1cc(-c2nc(-c3ccc(CCN(C)CC(=O)O)cc3)no2)ccc1-c1ccccc1C. The summed E-state index contributed by atoms with van der Waals surface area (Å²) in [7, 11) is 3.49. The lowest BCUT2D eigenvalue weighted by Crippen LogP contribution is -2.27. The van der Waals surface area contributed by atoms with Crippen molar-refractivity contribution in [3.63, 3.8) is 0 Å². The number of hydrogen-bond acceptors (Lipinski definition) is 6. The Morgan fingerprint density at radius 2 is 1.77 bits per heavy atom. The minimum Gasteiger partial charge on any atom is -0.480 e. The molecule has 0 aliphatic heterocycles. The van der Waals surface area contributed by atoms with E-state index in [4.69, 9.17) is 14.4 Å². The van der Waals surface area contributed by atoms with Gasteiger partial charge in [0, 0.05) is 24.8 Å². The van der Waals surface area contributed by atoms with Gasteiger partial charge in [-0.2, -0.15) is 4.98 Å². The summed E-state index contributed by atoms with van der Waals surface area (Å²) in [6, 6.07) is 22.3. The van der Waals surface area contributed by atoms with Crippen LogP contribution in [0.1, 0.15) is 16.7 Å². The van der Waals surface area contributed by atoms with Gasteiger partial charge in [-0.25, -0.2) is 0 Å². The van der Waals surface area contributed by atoms with E-state index < -0.39 is 5.97 Å². The van der Waals surface area contributed by atoms with E-state index in [0.29, 0.717) is 24.9 Å². The van der Waals surface area contributed by atoms with Crippen molar-refractivity contribution < 1.29 is 19.2 Å². The molecule has 4 aromatic rings. The van der Waals surface area contributed by atoms with E-state index in [-0.39, 0.29) is 6.54 Å². The molecule has 4 rings (SSSR count). The molecule has 1 heterocycles. The van der Waals surface area contributed by atoms with E-state index in [2.05, 4.69) is 35.3 Å². The molecular weight excluding hydrogens is 442 g/mol. The summed E-state index contributed by atoms with van der Waals surface area (Å²) in [4.78, 5) is 17.2. The van der Waals surface area contributed by atoms with Gasteiger partial charge < -0.3 is 14.4 Å². The van der Waals surface area contributed by atoms with Crippen molar-refractivity contribution in [2.75, 3.05) is 27.2 Å². The normalized spacial score (nSPS) is 11.2. The molecule has 1 N–H and O–H groups in total. The van der Waals surface area contributed by atoms with Gasteiger partial charge in [0.05, 0.1) is 13.2 Å². The molecule has 0 unspecified atom stereocenters. The number of likely N-dealkylation sites (N-methyl/N-ethyl adjacent to an activating group) is 1. The van der Waals surface area contributed by atoms with Crippen LogP contribution in [0.5, 0.6) is 0 Å². The third-order valence-corrected chi connectivity index (χ3v) is 5.91. The summed E-state index contributed by atoms with van der Waals surface area (Å²) >= 11 is 0. The lowest BCUT2D eigenvalue weighted by atomic mass is 9.94. The Morgan fingerprint density at radius 3 is 2.49 bits per heavy atom. The summed E-state index contributed by atoms with van der Waals surface area (Å²) in [5, 5.41) is 13.1. The van der Waals surface area contributed by atoms with E-state index in [9.17, 15) is 4.79 Å². The van der Waals surface area contributed by atoms with Gasteiger partial charge in [-0.15, -0.1) is 0 Å². The number of hydrogen-bond donors (Lipinski definition) is 1. The lowest BCUT2D eigenvalue weighted by Gasteiger charge is -2.13. The molecule has 0 saturated heterocycles. The molecule has 0 aliphatic carbocycles. The Labute approximate surface area is 205 Å². The topological polar surface area (TPSA) is 88.7 Å². The van der Waals surface area contributed by atoms with Gasteiger partial charge in [0.2, 0.25) is 5.82 Å². The van der Waals surface area contributed by atoms with Gasteiger partial charge in [0.15, 0.2) is 0 Å². The van der Waals surface area contributed by atoms with Crippen molar-refractivity contribution in [3.05, 3.63) is 83.4 Å². The highest BCUT2D eigenvalue weighted by Crippen LogP contribution is 2.31. The zero-order valence-corrected chi connectivity index (χ0v) is 20.2. The van der Waals surface area contributed by atoms with Gasteiger partial charge in [-0.05, 0) is 60.3 Å². The maximum Gasteiger partial charge on any atom is 0.317 e. The Morgan fingerprint density at radius 1 is 1.03 bits per heavy atom. The van der Waals surface area contributed by atoms with E-state index in [0.717, 1.165) is 34.2 Å². The quantitative estimate of drug-likeness (QED) is 0.345. The van der Waals surface area contributed by atoms with Crippen LogP contribution in [-0.2, 0) is 22.6 Å². The first-order valence-electron chi connectivity index (χ1n) is 11.5. The van der Waals surface area contributed by atoms with E-state index in [1.807, 2.05) is 48.5 Å². The molecule has 0 bridgehead atoms. The number of nitrogens with zero attached hydrogens (tertiary/aromatic N) is 3. The van der Waals surface area contributed by atoms with Crippen LogP contribution in [0.25, 0.3) is 34.0 Å². The Kier molecular flexibility index (Phi) is 7.70. The average Bonchev–Trinajstić information content (AvgIpc) is 3.34. The molecule has 7 nitrogen and oxygen atoms in total. The first kappa shape index (κ1) is 24.3. The molecule has 0 fully saturated rings. The van der Waals surface area contributed by atoms with Crippen LogP contribution in [0.3, 0.4) is 0 Å². The largest absolute Gasteiger partial charge is 0.480 e. The monoisotopic (exact) mass is 471 g/mol. The predicted molar refractivity (Wildman–Crippen MR) is 135 cm³/mol. The van der Waals surface area contributed by atoms with Crippen molar-refractivity contribution in [1.82, 2.24) is 15.0 Å². The molecule has 1 aromatic heterocycles. The zero-order valence-electron chi connectivity index (χ0n) is 20.2. The van der Waals surface area contributed by atoms with Crippen molar-refractivity contribution >= 4 is 5.97 Å². The van der Waals surface area contributed by atoms with Gasteiger partial charge in [-0.3, -0.25) is 9.69 Å². The van der Waals surface area contributed by atoms with Crippen molar-refractivity contribution in [2.45, 2.75) is 20.0 Å². The summed E-state index contributed by atoms with van der Waals surface area (Å²) in [6.07, 6.45) is 0.761. The summed E-state index contributed by atoms with van der Waals surface area (Å²) in [5.41, 5.74) is 7.36. The highest BCUT2D eigenvalue weighted by Gasteiger charge is 2.15. The Hall–Kier alpha value is -3.81. The smallest absolute Gasteiger partial charge is 0.317 e. The number of carboxylic acids is 1. The minimum absolute atomic E-state index is 0.0295.